The lowest BCUT2D eigenvalue weighted by Gasteiger charge is -2.25. The van der Waals surface area contributed by atoms with Crippen molar-refractivity contribution in [2.45, 2.75) is 18.9 Å². The Morgan fingerprint density at radius 3 is 2.85 bits per heavy atom. The van der Waals surface area contributed by atoms with Crippen molar-refractivity contribution < 1.29 is 9.18 Å². The van der Waals surface area contributed by atoms with Gasteiger partial charge in [0.15, 0.2) is 0 Å². The van der Waals surface area contributed by atoms with Crippen LogP contribution in [0.3, 0.4) is 0 Å². The van der Waals surface area contributed by atoms with Crippen molar-refractivity contribution in [1.29, 1.82) is 0 Å². The van der Waals surface area contributed by atoms with Gasteiger partial charge in [-0.05, 0) is 49.7 Å². The van der Waals surface area contributed by atoms with E-state index in [1.165, 1.54) is 12.1 Å². The van der Waals surface area contributed by atoms with Gasteiger partial charge in [0, 0.05) is 34.9 Å². The number of hydrogen-bond acceptors (Lipinski definition) is 3. The summed E-state index contributed by atoms with van der Waals surface area (Å²) >= 11 is 0. The molecule has 0 radical (unpaired) electrons. The zero-order valence-corrected chi connectivity index (χ0v) is 14.3. The van der Waals surface area contributed by atoms with Gasteiger partial charge in [0.25, 0.3) is 5.91 Å². The van der Waals surface area contributed by atoms with E-state index in [1.807, 2.05) is 18.2 Å². The second-order valence-electron chi connectivity index (χ2n) is 6.69. The summed E-state index contributed by atoms with van der Waals surface area (Å²) in [6.07, 6.45) is 2.22. The fourth-order valence-electron chi connectivity index (χ4n) is 3.56. The Morgan fingerprint density at radius 2 is 2.12 bits per heavy atom. The fraction of sp³-hybridized carbons (Fsp3) is 0.250. The van der Waals surface area contributed by atoms with Gasteiger partial charge in [-0.3, -0.25) is 4.79 Å². The molecule has 26 heavy (non-hydrogen) atoms. The normalized spacial score (nSPS) is 17.3. The minimum absolute atomic E-state index is 0.303. The van der Waals surface area contributed by atoms with Crippen molar-refractivity contribution in [2.75, 3.05) is 18.4 Å². The smallest absolute Gasteiger partial charge is 0.250 e. The molecule has 1 aromatic heterocycles. The average molecular weight is 352 g/mol. The van der Waals surface area contributed by atoms with Crippen LogP contribution in [0.1, 0.15) is 23.2 Å². The van der Waals surface area contributed by atoms with Crippen LogP contribution < -0.4 is 16.4 Å². The number of benzene rings is 2. The van der Waals surface area contributed by atoms with E-state index in [-0.39, 0.29) is 5.82 Å². The van der Waals surface area contributed by atoms with Gasteiger partial charge in [0.05, 0.1) is 11.1 Å². The van der Waals surface area contributed by atoms with Crippen LogP contribution in [0.25, 0.3) is 22.2 Å². The van der Waals surface area contributed by atoms with Crippen LogP contribution in [0.2, 0.25) is 0 Å². The first-order valence-corrected chi connectivity index (χ1v) is 8.80. The molecule has 2 aromatic carbocycles. The molecule has 1 amide bonds. The number of primary amides is 1. The van der Waals surface area contributed by atoms with Crippen LogP contribution in [0.4, 0.5) is 10.1 Å². The van der Waals surface area contributed by atoms with Gasteiger partial charge < -0.3 is 21.4 Å². The number of amides is 1. The van der Waals surface area contributed by atoms with Gasteiger partial charge in [0.2, 0.25) is 0 Å². The Labute approximate surface area is 150 Å². The lowest BCUT2D eigenvalue weighted by Crippen LogP contribution is -2.38. The van der Waals surface area contributed by atoms with Crippen LogP contribution in [0.15, 0.2) is 42.5 Å². The third-order valence-electron chi connectivity index (χ3n) is 4.85. The molecule has 3 aromatic rings. The molecule has 1 fully saturated rings. The lowest BCUT2D eigenvalue weighted by molar-refractivity contribution is 0.100. The number of rotatable bonds is 4. The van der Waals surface area contributed by atoms with Crippen LogP contribution in [0.5, 0.6) is 0 Å². The number of anilines is 1. The van der Waals surface area contributed by atoms with Crippen molar-refractivity contribution in [1.82, 2.24) is 10.3 Å². The Balaban J connectivity index is 1.80. The molecule has 0 saturated carbocycles. The third kappa shape index (κ3) is 3.15. The number of nitrogens with one attached hydrogen (secondary N) is 3. The zero-order chi connectivity index (χ0) is 18.1. The first-order valence-electron chi connectivity index (χ1n) is 8.80. The summed E-state index contributed by atoms with van der Waals surface area (Å²) in [4.78, 5) is 15.1. The molecule has 0 spiro atoms. The standard InChI is InChI=1S/C20H21FN4O/c21-13-4-1-3-12(9-13)18-10-16-17(24-14-5-2-8-23-11-14)7-6-15(20(22)26)19(16)25-18/h1,3-4,6-7,9-10,14,23-25H,2,5,8,11H2,(H2,22,26)/t14-/m0/s1. The molecular formula is C20H21FN4O. The predicted molar refractivity (Wildman–Crippen MR) is 102 cm³/mol. The lowest BCUT2D eigenvalue weighted by atomic mass is 10.0. The van der Waals surface area contributed by atoms with E-state index < -0.39 is 5.91 Å². The van der Waals surface area contributed by atoms with Gasteiger partial charge >= 0.3 is 0 Å². The van der Waals surface area contributed by atoms with E-state index in [1.54, 1.807) is 12.1 Å². The minimum Gasteiger partial charge on any atom is -0.380 e. The topological polar surface area (TPSA) is 82.9 Å². The summed E-state index contributed by atoms with van der Waals surface area (Å²) in [5, 5.41) is 7.82. The fourth-order valence-corrected chi connectivity index (χ4v) is 3.56. The van der Waals surface area contributed by atoms with Gasteiger partial charge in [0.1, 0.15) is 5.82 Å². The van der Waals surface area contributed by atoms with E-state index in [2.05, 4.69) is 15.6 Å². The number of aromatic nitrogens is 1. The van der Waals surface area contributed by atoms with Crippen LogP contribution in [-0.2, 0) is 0 Å². The molecule has 0 unspecified atom stereocenters. The maximum absolute atomic E-state index is 13.6. The number of hydrogen-bond donors (Lipinski definition) is 4. The molecule has 5 nitrogen and oxygen atoms in total. The van der Waals surface area contributed by atoms with E-state index in [9.17, 15) is 9.18 Å². The Hall–Kier alpha value is -2.86. The molecule has 1 atom stereocenters. The maximum atomic E-state index is 13.6. The van der Waals surface area contributed by atoms with Crippen molar-refractivity contribution in [3.8, 4) is 11.3 Å². The number of halogens is 1. The first-order chi connectivity index (χ1) is 12.6. The molecular weight excluding hydrogens is 331 g/mol. The SMILES string of the molecule is NC(=O)c1ccc(N[C@H]2CCCNC2)c2cc(-c3cccc(F)c3)[nH]c12. The molecule has 134 valence electrons. The predicted octanol–water partition coefficient (Wildman–Crippen LogP) is 3.24. The summed E-state index contributed by atoms with van der Waals surface area (Å²) < 4.78 is 13.6. The highest BCUT2D eigenvalue weighted by Gasteiger charge is 2.18. The first kappa shape index (κ1) is 16.6. The second kappa shape index (κ2) is 6.80. The van der Waals surface area contributed by atoms with Crippen LogP contribution >= 0.6 is 0 Å². The number of nitrogens with two attached hydrogens (primary N) is 1. The van der Waals surface area contributed by atoms with Crippen LogP contribution in [-0.4, -0.2) is 30.0 Å². The van der Waals surface area contributed by atoms with E-state index in [0.29, 0.717) is 17.1 Å². The second-order valence-corrected chi connectivity index (χ2v) is 6.69. The highest BCUT2D eigenvalue weighted by atomic mass is 19.1. The molecule has 1 aliphatic heterocycles. The van der Waals surface area contributed by atoms with E-state index in [4.69, 9.17) is 5.73 Å². The summed E-state index contributed by atoms with van der Waals surface area (Å²) in [7, 11) is 0. The highest BCUT2D eigenvalue weighted by molar-refractivity contribution is 6.09. The number of piperidine rings is 1. The monoisotopic (exact) mass is 352 g/mol. The molecule has 0 aliphatic carbocycles. The molecule has 1 saturated heterocycles. The van der Waals surface area contributed by atoms with Crippen molar-refractivity contribution in [3.05, 3.63) is 53.8 Å². The number of carbonyl (C=O) groups is 1. The molecule has 0 bridgehead atoms. The third-order valence-corrected chi connectivity index (χ3v) is 4.85. The molecule has 6 heteroatoms. The summed E-state index contributed by atoms with van der Waals surface area (Å²) in [5.74, 6) is -0.795. The largest absolute Gasteiger partial charge is 0.380 e. The number of fused-ring (bicyclic) bond motifs is 1. The van der Waals surface area contributed by atoms with E-state index >= 15 is 0 Å². The van der Waals surface area contributed by atoms with Gasteiger partial charge in [-0.1, -0.05) is 12.1 Å². The van der Waals surface area contributed by atoms with Gasteiger partial charge in [-0.25, -0.2) is 4.39 Å². The van der Waals surface area contributed by atoms with Crippen molar-refractivity contribution >= 4 is 22.5 Å². The minimum atomic E-state index is -0.492. The van der Waals surface area contributed by atoms with E-state index in [0.717, 1.165) is 48.3 Å². The Bertz CT molecular complexity index is 960. The number of carbonyl (C=O) groups excluding carboxylic acids is 1. The van der Waals surface area contributed by atoms with Crippen LogP contribution in [0, 0.1) is 5.82 Å². The highest BCUT2D eigenvalue weighted by Crippen LogP contribution is 2.32. The Kier molecular flexibility index (Phi) is 4.34. The Morgan fingerprint density at radius 1 is 1.23 bits per heavy atom. The summed E-state index contributed by atoms with van der Waals surface area (Å²) in [6, 6.07) is 12.3. The summed E-state index contributed by atoms with van der Waals surface area (Å²) in [6.45, 7) is 1.95. The number of aromatic amines is 1. The van der Waals surface area contributed by atoms with Gasteiger partial charge in [-0.15, -0.1) is 0 Å². The molecule has 5 N–H and O–H groups in total. The summed E-state index contributed by atoms with van der Waals surface area (Å²) in [5.41, 5.74) is 9.05. The molecule has 1 aliphatic rings. The quantitative estimate of drug-likeness (QED) is 0.582. The van der Waals surface area contributed by atoms with Gasteiger partial charge in [-0.2, -0.15) is 0 Å². The zero-order valence-electron chi connectivity index (χ0n) is 14.3. The molecule has 4 rings (SSSR count). The van der Waals surface area contributed by atoms with Crippen molar-refractivity contribution in [2.24, 2.45) is 5.73 Å². The average Bonchev–Trinajstić information content (AvgIpc) is 3.08. The molecule has 2 heterocycles. The number of H-pyrrole nitrogens is 1. The maximum Gasteiger partial charge on any atom is 0.250 e. The van der Waals surface area contributed by atoms with Crippen molar-refractivity contribution in [3.63, 3.8) is 0 Å².